The third-order valence-corrected chi connectivity index (χ3v) is 10.1. The summed E-state index contributed by atoms with van der Waals surface area (Å²) < 4.78 is 0. The number of unbranched alkanes of at least 4 members (excludes halogenated alkanes) is 4. The summed E-state index contributed by atoms with van der Waals surface area (Å²) in [5.41, 5.74) is 17.3. The van der Waals surface area contributed by atoms with Crippen molar-refractivity contribution in [3.63, 3.8) is 0 Å². The number of carbonyl (C=O) groups excluding carboxylic acids is 2. The van der Waals surface area contributed by atoms with Crippen LogP contribution in [0.3, 0.4) is 0 Å². The highest BCUT2D eigenvalue weighted by atomic mass is 16.2. The first kappa shape index (κ1) is 47.6. The van der Waals surface area contributed by atoms with Gasteiger partial charge in [0.2, 0.25) is 11.8 Å². The Morgan fingerprint density at radius 2 is 1.12 bits per heavy atom. The number of nitrogens with two attached hydrogens (primary N) is 2. The summed E-state index contributed by atoms with van der Waals surface area (Å²) >= 11 is 0. The van der Waals surface area contributed by atoms with Crippen LogP contribution in [0.15, 0.2) is 48.5 Å². The van der Waals surface area contributed by atoms with Gasteiger partial charge in [-0.15, -0.1) is 0 Å². The van der Waals surface area contributed by atoms with Gasteiger partial charge < -0.3 is 31.9 Å². The third-order valence-electron chi connectivity index (χ3n) is 10.1. The highest BCUT2D eigenvalue weighted by Gasteiger charge is 2.28. The van der Waals surface area contributed by atoms with E-state index < -0.39 is 0 Å². The SMILES string of the molecule is C.C.C.CCCCCc1nc(N)c2c(n1)N(Cc1cccc(C#N)c1)CC(=O)N2.CCCCCc1nc(N)c2c(n1)N(Cc1cccc(CN3CCCC3)c1)CC(=O)N2. The molecule has 2 aromatic heterocycles. The van der Waals surface area contributed by atoms with Crippen LogP contribution in [0.4, 0.5) is 34.6 Å². The van der Waals surface area contributed by atoms with Gasteiger partial charge in [-0.1, -0.05) is 98.2 Å². The number of amides is 2. The van der Waals surface area contributed by atoms with Crippen LogP contribution in [-0.4, -0.2) is 62.8 Å². The first-order valence-corrected chi connectivity index (χ1v) is 19.9. The van der Waals surface area contributed by atoms with Crippen LogP contribution >= 0.6 is 0 Å². The molecule has 0 saturated carbocycles. The molecule has 318 valence electrons. The van der Waals surface area contributed by atoms with Crippen molar-refractivity contribution in [2.75, 3.05) is 58.1 Å². The summed E-state index contributed by atoms with van der Waals surface area (Å²) in [7, 11) is 0. The number of anilines is 6. The van der Waals surface area contributed by atoms with Crippen molar-refractivity contribution in [3.05, 3.63) is 82.4 Å². The Balaban J connectivity index is 0.000000303. The molecule has 1 saturated heterocycles. The van der Waals surface area contributed by atoms with Gasteiger partial charge >= 0.3 is 0 Å². The van der Waals surface area contributed by atoms with Crippen molar-refractivity contribution in [3.8, 4) is 6.07 Å². The first-order valence-electron chi connectivity index (χ1n) is 19.9. The summed E-state index contributed by atoms with van der Waals surface area (Å²) in [5, 5.41) is 14.7. The molecule has 0 atom stereocenters. The smallest absolute Gasteiger partial charge is 0.244 e. The lowest BCUT2D eigenvalue weighted by Crippen LogP contribution is -2.39. The van der Waals surface area contributed by atoms with Crippen LogP contribution in [0.2, 0.25) is 0 Å². The van der Waals surface area contributed by atoms with Crippen LogP contribution in [0.25, 0.3) is 0 Å². The molecular weight excluding hydrogens is 741 g/mol. The van der Waals surface area contributed by atoms with Gasteiger partial charge in [-0.2, -0.15) is 5.26 Å². The highest BCUT2D eigenvalue weighted by Crippen LogP contribution is 2.34. The quantitative estimate of drug-likeness (QED) is 0.0902. The molecule has 3 aliphatic rings. The number of nitrogens with zero attached hydrogens (tertiary/aromatic N) is 8. The molecule has 59 heavy (non-hydrogen) atoms. The summed E-state index contributed by atoms with van der Waals surface area (Å²) in [6.45, 7) is 9.23. The Kier molecular flexibility index (Phi) is 18.5. The second kappa shape index (κ2) is 23.0. The molecule has 0 radical (unpaired) electrons. The zero-order valence-corrected chi connectivity index (χ0v) is 32.7. The van der Waals surface area contributed by atoms with Gasteiger partial charge in [0.1, 0.15) is 23.0 Å². The molecule has 0 aliphatic carbocycles. The zero-order chi connectivity index (χ0) is 39.4. The molecule has 14 nitrogen and oxygen atoms in total. The van der Waals surface area contributed by atoms with E-state index in [1.165, 1.54) is 37.1 Å². The third kappa shape index (κ3) is 12.8. The predicted molar refractivity (Wildman–Crippen MR) is 241 cm³/mol. The number of fused-ring (bicyclic) bond motifs is 2. The topological polar surface area (TPSA) is 195 Å². The molecule has 5 heterocycles. The van der Waals surface area contributed by atoms with Crippen LogP contribution in [0.1, 0.15) is 121 Å². The molecule has 7 rings (SSSR count). The minimum absolute atomic E-state index is 0. The van der Waals surface area contributed by atoms with E-state index in [4.69, 9.17) is 21.7 Å². The maximum Gasteiger partial charge on any atom is 0.244 e. The summed E-state index contributed by atoms with van der Waals surface area (Å²) in [5.74, 6) is 3.25. The van der Waals surface area contributed by atoms with E-state index in [1.807, 2.05) is 28.0 Å². The number of aryl methyl sites for hydroxylation is 2. The fourth-order valence-corrected chi connectivity index (χ4v) is 7.33. The summed E-state index contributed by atoms with van der Waals surface area (Å²) in [4.78, 5) is 49.0. The monoisotopic (exact) mass is 807 g/mol. The molecule has 14 heteroatoms. The van der Waals surface area contributed by atoms with Crippen LogP contribution in [0, 0.1) is 11.3 Å². The number of benzene rings is 2. The number of hydrogen-bond donors (Lipinski definition) is 4. The van der Waals surface area contributed by atoms with E-state index in [9.17, 15) is 9.59 Å². The second-order valence-electron chi connectivity index (χ2n) is 14.8. The first-order chi connectivity index (χ1) is 27.2. The van der Waals surface area contributed by atoms with Crippen molar-refractivity contribution >= 4 is 46.5 Å². The van der Waals surface area contributed by atoms with Crippen molar-refractivity contribution in [2.24, 2.45) is 0 Å². The van der Waals surface area contributed by atoms with Crippen LogP contribution in [0.5, 0.6) is 0 Å². The lowest BCUT2D eigenvalue weighted by Gasteiger charge is -2.30. The van der Waals surface area contributed by atoms with E-state index >= 15 is 0 Å². The van der Waals surface area contributed by atoms with E-state index in [0.29, 0.717) is 53.3 Å². The Hall–Kier alpha value is -5.81. The largest absolute Gasteiger partial charge is 0.382 e. The number of carbonyl (C=O) groups is 2. The second-order valence-corrected chi connectivity index (χ2v) is 14.8. The molecule has 6 N–H and O–H groups in total. The molecule has 4 aromatic rings. The summed E-state index contributed by atoms with van der Waals surface area (Å²) in [6.07, 6.45) is 10.7. The van der Waals surface area contributed by atoms with E-state index in [1.54, 1.807) is 6.07 Å². The van der Waals surface area contributed by atoms with Crippen molar-refractivity contribution < 1.29 is 9.59 Å². The van der Waals surface area contributed by atoms with Crippen molar-refractivity contribution in [2.45, 2.75) is 120 Å². The number of rotatable bonds is 14. The van der Waals surface area contributed by atoms with Gasteiger partial charge in [0, 0.05) is 32.5 Å². The van der Waals surface area contributed by atoms with Crippen molar-refractivity contribution in [1.82, 2.24) is 24.8 Å². The average Bonchev–Trinajstić information content (AvgIpc) is 3.69. The number of nitrogens with one attached hydrogen (secondary N) is 2. The van der Waals surface area contributed by atoms with E-state index in [-0.39, 0.29) is 47.2 Å². The Morgan fingerprint density at radius 3 is 1.59 bits per heavy atom. The molecular formula is C45H66N12O2. The Bertz CT molecular complexity index is 2040. The van der Waals surface area contributed by atoms with Gasteiger partial charge in [0.05, 0.1) is 24.7 Å². The van der Waals surface area contributed by atoms with Gasteiger partial charge in [0.25, 0.3) is 0 Å². The lowest BCUT2D eigenvalue weighted by molar-refractivity contribution is -0.116. The molecule has 0 bridgehead atoms. The zero-order valence-electron chi connectivity index (χ0n) is 32.7. The molecule has 3 aliphatic heterocycles. The van der Waals surface area contributed by atoms with Gasteiger partial charge in [-0.05, 0) is 67.6 Å². The molecule has 2 aromatic carbocycles. The standard InChI is InChI=1S/C23H32N6O.C19H22N6O.3CH4/c1-2-3-4-10-19-25-22(24)21-23(26-19)29(16-20(30)27-21)15-18-9-7-8-17(13-18)14-28-11-5-6-12-28;1-2-3-4-8-15-22-18(21)17-19(23-15)25(12-16(26)24-17)11-14-7-5-6-13(9-14)10-20;;;/h7-9,13H,2-6,10-12,14-16H2,1H3,(H,27,30)(H2,24,25,26);5-7,9H,2-4,8,11-12H2,1H3,(H,24,26)(H2,21,22,23);3*1H4. The minimum Gasteiger partial charge on any atom is -0.382 e. The highest BCUT2D eigenvalue weighted by molar-refractivity contribution is 6.03. The molecule has 2 amide bonds. The fourth-order valence-electron chi connectivity index (χ4n) is 7.33. The van der Waals surface area contributed by atoms with Crippen LogP contribution in [-0.2, 0) is 42.1 Å². The molecule has 1 fully saturated rings. The predicted octanol–water partition coefficient (Wildman–Crippen LogP) is 7.88. The maximum atomic E-state index is 12.3. The number of hydrogen-bond acceptors (Lipinski definition) is 12. The number of nitriles is 1. The van der Waals surface area contributed by atoms with Gasteiger partial charge in [-0.3, -0.25) is 14.5 Å². The van der Waals surface area contributed by atoms with Crippen LogP contribution < -0.4 is 31.9 Å². The van der Waals surface area contributed by atoms with E-state index in [0.717, 1.165) is 75.1 Å². The number of likely N-dealkylation sites (tertiary alicyclic amines) is 1. The van der Waals surface area contributed by atoms with E-state index in [2.05, 4.69) is 74.7 Å². The molecule has 0 spiro atoms. The lowest BCUT2D eigenvalue weighted by atomic mass is 10.1. The normalized spacial score (nSPS) is 14.2. The maximum absolute atomic E-state index is 12.3. The van der Waals surface area contributed by atoms with Gasteiger partial charge in [0.15, 0.2) is 23.3 Å². The Morgan fingerprint density at radius 1 is 0.661 bits per heavy atom. The Labute approximate surface area is 351 Å². The summed E-state index contributed by atoms with van der Waals surface area (Å²) in [6, 6.07) is 18.1. The average molecular weight is 807 g/mol. The number of aromatic nitrogens is 4. The van der Waals surface area contributed by atoms with Crippen molar-refractivity contribution in [1.29, 1.82) is 5.26 Å². The molecule has 0 unspecified atom stereocenters. The van der Waals surface area contributed by atoms with Gasteiger partial charge in [-0.25, -0.2) is 19.9 Å². The fraction of sp³-hybridized carbons (Fsp3) is 0.489. The minimum atomic E-state index is -0.150. The number of nitrogen functional groups attached to an aromatic ring is 2.